The SMILES string of the molecule is Cc1ccc(C(CN2CCOCC2)NC(=O)c2nn(-c3ccccc3)c(=O)c3ccccc23)cc1. The molecule has 1 aromatic heterocycles. The van der Waals surface area contributed by atoms with Gasteiger partial charge in [-0.1, -0.05) is 66.2 Å². The number of amides is 1. The summed E-state index contributed by atoms with van der Waals surface area (Å²) in [5.74, 6) is -0.315. The number of carbonyl (C=O) groups excluding carboxylic acids is 1. The smallest absolute Gasteiger partial charge is 0.279 e. The number of ether oxygens (including phenoxy) is 1. The average molecular weight is 469 g/mol. The number of hydrogen-bond acceptors (Lipinski definition) is 5. The normalized spacial score (nSPS) is 15.1. The van der Waals surface area contributed by atoms with Crippen molar-refractivity contribution in [3.05, 3.63) is 106 Å². The zero-order valence-corrected chi connectivity index (χ0v) is 19.7. The fraction of sp³-hybridized carbons (Fsp3) is 0.250. The zero-order chi connectivity index (χ0) is 24.2. The first-order valence-corrected chi connectivity index (χ1v) is 11.9. The second-order valence-electron chi connectivity index (χ2n) is 8.80. The first-order chi connectivity index (χ1) is 17.1. The summed E-state index contributed by atoms with van der Waals surface area (Å²) in [7, 11) is 0. The van der Waals surface area contributed by atoms with Crippen LogP contribution in [0.25, 0.3) is 16.5 Å². The van der Waals surface area contributed by atoms with E-state index in [1.165, 1.54) is 4.68 Å². The van der Waals surface area contributed by atoms with Gasteiger partial charge in [-0.3, -0.25) is 14.5 Å². The molecule has 1 aliphatic rings. The highest BCUT2D eigenvalue weighted by molar-refractivity contribution is 6.05. The highest BCUT2D eigenvalue weighted by Gasteiger charge is 2.24. The predicted molar refractivity (Wildman–Crippen MR) is 136 cm³/mol. The Hall–Kier alpha value is -3.81. The monoisotopic (exact) mass is 468 g/mol. The van der Waals surface area contributed by atoms with E-state index in [-0.39, 0.29) is 23.2 Å². The standard InChI is InChI=1S/C28H28N4O3/c1-20-11-13-21(14-12-20)25(19-31-15-17-35-18-16-31)29-27(33)26-23-9-5-6-10-24(23)28(34)32(30-26)22-7-3-2-4-8-22/h2-14,25H,15-19H2,1H3,(H,29,33). The lowest BCUT2D eigenvalue weighted by Gasteiger charge is -2.31. The Bertz CT molecular complexity index is 1380. The second-order valence-corrected chi connectivity index (χ2v) is 8.80. The third-order valence-corrected chi connectivity index (χ3v) is 6.35. The van der Waals surface area contributed by atoms with Gasteiger partial charge >= 0.3 is 0 Å². The number of nitrogens with zero attached hydrogens (tertiary/aromatic N) is 3. The number of nitrogens with one attached hydrogen (secondary N) is 1. The molecule has 1 aliphatic heterocycles. The molecule has 1 N–H and O–H groups in total. The van der Waals surface area contributed by atoms with Crippen molar-refractivity contribution in [1.29, 1.82) is 0 Å². The van der Waals surface area contributed by atoms with Gasteiger partial charge in [0, 0.05) is 25.0 Å². The summed E-state index contributed by atoms with van der Waals surface area (Å²) in [5, 5.41) is 8.74. The summed E-state index contributed by atoms with van der Waals surface area (Å²) in [6.45, 7) is 5.71. The van der Waals surface area contributed by atoms with Gasteiger partial charge in [-0.05, 0) is 30.7 Å². The fourth-order valence-corrected chi connectivity index (χ4v) is 4.40. The van der Waals surface area contributed by atoms with Gasteiger partial charge in [0.25, 0.3) is 11.5 Å². The first kappa shape index (κ1) is 23.0. The van der Waals surface area contributed by atoms with Gasteiger partial charge in [0.05, 0.1) is 30.3 Å². The largest absolute Gasteiger partial charge is 0.379 e. The lowest BCUT2D eigenvalue weighted by molar-refractivity contribution is 0.0332. The minimum Gasteiger partial charge on any atom is -0.379 e. The molecule has 0 aliphatic carbocycles. The molecule has 1 amide bonds. The van der Waals surface area contributed by atoms with Crippen LogP contribution in [0.2, 0.25) is 0 Å². The van der Waals surface area contributed by atoms with Crippen LogP contribution in [-0.4, -0.2) is 53.4 Å². The summed E-state index contributed by atoms with van der Waals surface area (Å²) in [6.07, 6.45) is 0. The second kappa shape index (κ2) is 10.2. The topological polar surface area (TPSA) is 76.5 Å². The van der Waals surface area contributed by atoms with Gasteiger partial charge in [-0.2, -0.15) is 9.78 Å². The van der Waals surface area contributed by atoms with E-state index in [1.54, 1.807) is 30.3 Å². The molecule has 1 atom stereocenters. The molecule has 7 nitrogen and oxygen atoms in total. The Labute approximate surface area is 204 Å². The maximum absolute atomic E-state index is 13.7. The number of carbonyl (C=O) groups is 1. The van der Waals surface area contributed by atoms with E-state index in [9.17, 15) is 9.59 Å². The number of fused-ring (bicyclic) bond motifs is 1. The van der Waals surface area contributed by atoms with Crippen LogP contribution in [0, 0.1) is 6.92 Å². The van der Waals surface area contributed by atoms with Crippen LogP contribution >= 0.6 is 0 Å². The molecule has 35 heavy (non-hydrogen) atoms. The Morgan fingerprint density at radius 1 is 0.943 bits per heavy atom. The average Bonchev–Trinajstić information content (AvgIpc) is 2.90. The number of aromatic nitrogens is 2. The zero-order valence-electron chi connectivity index (χ0n) is 19.7. The van der Waals surface area contributed by atoms with E-state index < -0.39 is 0 Å². The van der Waals surface area contributed by atoms with Crippen molar-refractivity contribution in [3.8, 4) is 5.69 Å². The molecule has 1 saturated heterocycles. The first-order valence-electron chi connectivity index (χ1n) is 11.9. The molecule has 1 unspecified atom stereocenters. The van der Waals surface area contributed by atoms with Gasteiger partial charge in [-0.15, -0.1) is 0 Å². The summed E-state index contributed by atoms with van der Waals surface area (Å²) in [4.78, 5) is 29.2. The van der Waals surface area contributed by atoms with Crippen molar-refractivity contribution in [2.75, 3.05) is 32.8 Å². The molecule has 4 aromatic rings. The van der Waals surface area contributed by atoms with Crippen LogP contribution in [0.1, 0.15) is 27.7 Å². The molecule has 3 aromatic carbocycles. The molecular formula is C28H28N4O3. The minimum atomic E-state index is -0.315. The lowest BCUT2D eigenvalue weighted by atomic mass is 10.0. The molecule has 2 heterocycles. The van der Waals surface area contributed by atoms with Gasteiger partial charge in [-0.25, -0.2) is 0 Å². The van der Waals surface area contributed by atoms with Gasteiger partial charge in [0.15, 0.2) is 5.69 Å². The highest BCUT2D eigenvalue weighted by atomic mass is 16.5. The molecule has 0 spiro atoms. The Balaban J connectivity index is 1.53. The van der Waals surface area contributed by atoms with Crippen LogP contribution in [0.5, 0.6) is 0 Å². The Morgan fingerprint density at radius 3 is 2.31 bits per heavy atom. The van der Waals surface area contributed by atoms with Crippen molar-refractivity contribution in [1.82, 2.24) is 20.0 Å². The maximum Gasteiger partial charge on any atom is 0.279 e. The van der Waals surface area contributed by atoms with Crippen molar-refractivity contribution >= 4 is 16.7 Å². The molecule has 178 valence electrons. The number of morpholine rings is 1. The maximum atomic E-state index is 13.7. The Kier molecular flexibility index (Phi) is 6.70. The van der Waals surface area contributed by atoms with E-state index >= 15 is 0 Å². The molecule has 5 rings (SSSR count). The Morgan fingerprint density at radius 2 is 1.60 bits per heavy atom. The molecule has 1 fully saturated rings. The van der Waals surface area contributed by atoms with Crippen LogP contribution in [0.15, 0.2) is 83.7 Å². The van der Waals surface area contributed by atoms with Crippen molar-refractivity contribution in [3.63, 3.8) is 0 Å². The van der Waals surface area contributed by atoms with Crippen LogP contribution in [-0.2, 0) is 4.74 Å². The van der Waals surface area contributed by atoms with Gasteiger partial charge < -0.3 is 10.1 Å². The van der Waals surface area contributed by atoms with Crippen molar-refractivity contribution < 1.29 is 9.53 Å². The quantitative estimate of drug-likeness (QED) is 0.469. The number of rotatable bonds is 6. The van der Waals surface area contributed by atoms with E-state index in [1.807, 2.05) is 31.2 Å². The molecule has 0 saturated carbocycles. The van der Waals surface area contributed by atoms with Crippen LogP contribution in [0.3, 0.4) is 0 Å². The number of aryl methyl sites for hydroxylation is 1. The number of para-hydroxylation sites is 1. The molecule has 7 heteroatoms. The molecule has 0 radical (unpaired) electrons. The van der Waals surface area contributed by atoms with Crippen LogP contribution < -0.4 is 10.9 Å². The third-order valence-electron chi connectivity index (χ3n) is 6.35. The van der Waals surface area contributed by atoms with E-state index in [0.29, 0.717) is 36.2 Å². The fourth-order valence-electron chi connectivity index (χ4n) is 4.40. The van der Waals surface area contributed by atoms with Gasteiger partial charge in [0.2, 0.25) is 0 Å². The predicted octanol–water partition coefficient (Wildman–Crippen LogP) is 3.50. The third kappa shape index (κ3) is 5.01. The van der Waals surface area contributed by atoms with E-state index in [2.05, 4.69) is 39.6 Å². The van der Waals surface area contributed by atoms with E-state index in [4.69, 9.17) is 4.74 Å². The van der Waals surface area contributed by atoms with Crippen molar-refractivity contribution in [2.24, 2.45) is 0 Å². The summed E-state index contributed by atoms with van der Waals surface area (Å²) >= 11 is 0. The summed E-state index contributed by atoms with van der Waals surface area (Å²) in [5.41, 5.74) is 2.76. The minimum absolute atomic E-state index is 0.225. The lowest BCUT2D eigenvalue weighted by Crippen LogP contribution is -2.43. The van der Waals surface area contributed by atoms with Crippen LogP contribution in [0.4, 0.5) is 0 Å². The van der Waals surface area contributed by atoms with Crippen molar-refractivity contribution in [2.45, 2.75) is 13.0 Å². The number of hydrogen-bond donors (Lipinski definition) is 1. The summed E-state index contributed by atoms with van der Waals surface area (Å²) in [6, 6.07) is 24.3. The molecule has 0 bridgehead atoms. The molecular weight excluding hydrogens is 440 g/mol. The van der Waals surface area contributed by atoms with E-state index in [0.717, 1.165) is 24.2 Å². The summed E-state index contributed by atoms with van der Waals surface area (Å²) < 4.78 is 6.80. The highest BCUT2D eigenvalue weighted by Crippen LogP contribution is 2.20. The van der Waals surface area contributed by atoms with Gasteiger partial charge in [0.1, 0.15) is 0 Å². The number of benzene rings is 3.